The number of aliphatic hydroxyl groups excluding tert-OH is 2. The van der Waals surface area contributed by atoms with E-state index in [-0.39, 0.29) is 13.2 Å². The van der Waals surface area contributed by atoms with E-state index in [4.69, 9.17) is 9.63 Å². The number of aliphatic hydroxyl groups is 2. The molecule has 1 heterocycles. The number of aromatic nitrogens is 1. The molecule has 1 rings (SSSR count). The van der Waals surface area contributed by atoms with Crippen molar-refractivity contribution < 1.29 is 19.5 Å². The van der Waals surface area contributed by atoms with Gasteiger partial charge in [0.25, 0.3) is 0 Å². The number of carbonyl (C=O) groups is 1. The van der Waals surface area contributed by atoms with Crippen LogP contribution in [0, 0.1) is 5.41 Å². The fourth-order valence-corrected chi connectivity index (χ4v) is 1.63. The molecule has 1 aromatic heterocycles. The Balaban J connectivity index is 2.46. The molecule has 20 heavy (non-hydrogen) atoms. The molecule has 0 saturated carbocycles. The lowest BCUT2D eigenvalue weighted by atomic mass is 9.87. The summed E-state index contributed by atoms with van der Waals surface area (Å²) in [6, 6.07) is 1.81. The van der Waals surface area contributed by atoms with E-state index >= 15 is 0 Å². The van der Waals surface area contributed by atoms with Crippen molar-refractivity contribution in [2.75, 3.05) is 6.61 Å². The van der Waals surface area contributed by atoms with E-state index in [2.05, 4.69) is 17.4 Å². The Hall–Kier alpha value is -1.40. The van der Waals surface area contributed by atoms with Gasteiger partial charge < -0.3 is 20.1 Å². The van der Waals surface area contributed by atoms with Crippen LogP contribution < -0.4 is 5.32 Å². The van der Waals surface area contributed by atoms with Crippen LogP contribution in [0.25, 0.3) is 0 Å². The molecule has 0 unspecified atom stereocenters. The highest BCUT2D eigenvalue weighted by molar-refractivity contribution is 5.81. The summed E-state index contributed by atoms with van der Waals surface area (Å²) in [6.07, 6.45) is 1.71. The highest BCUT2D eigenvalue weighted by Gasteiger charge is 2.32. The molecular formula is C14H24N2O4. The maximum Gasteiger partial charge on any atom is 0.249 e. The molecule has 6 heteroatoms. The zero-order valence-corrected chi connectivity index (χ0v) is 12.3. The highest BCUT2D eigenvalue weighted by atomic mass is 16.5. The molecule has 0 radical (unpaired) electrons. The lowest BCUT2D eigenvalue weighted by Gasteiger charge is -2.26. The molecule has 1 atom stereocenters. The van der Waals surface area contributed by atoms with Gasteiger partial charge in [-0.1, -0.05) is 32.3 Å². The molecule has 0 bridgehead atoms. The zero-order valence-electron chi connectivity index (χ0n) is 12.3. The second-order valence-electron chi connectivity index (χ2n) is 5.66. The molecule has 0 fully saturated rings. The topological polar surface area (TPSA) is 95.6 Å². The van der Waals surface area contributed by atoms with E-state index in [1.165, 1.54) is 0 Å². The minimum Gasteiger partial charge on any atom is -0.396 e. The van der Waals surface area contributed by atoms with Gasteiger partial charge in [0.2, 0.25) is 5.91 Å². The maximum atomic E-state index is 11.8. The molecule has 0 aliphatic rings. The molecule has 0 aliphatic heterocycles. The van der Waals surface area contributed by atoms with Gasteiger partial charge in [0, 0.05) is 11.5 Å². The Morgan fingerprint density at radius 2 is 2.25 bits per heavy atom. The summed E-state index contributed by atoms with van der Waals surface area (Å²) in [4.78, 5) is 11.8. The van der Waals surface area contributed by atoms with Gasteiger partial charge in [-0.3, -0.25) is 4.79 Å². The molecule has 0 aromatic carbocycles. The third kappa shape index (κ3) is 4.61. The van der Waals surface area contributed by atoms with Gasteiger partial charge in [-0.05, 0) is 12.8 Å². The van der Waals surface area contributed by atoms with Gasteiger partial charge in [0.1, 0.15) is 6.10 Å². The van der Waals surface area contributed by atoms with E-state index in [1.54, 1.807) is 19.9 Å². The number of hydrogen-bond donors (Lipinski definition) is 3. The quantitative estimate of drug-likeness (QED) is 0.662. The van der Waals surface area contributed by atoms with Crippen molar-refractivity contribution in [1.82, 2.24) is 10.5 Å². The summed E-state index contributed by atoms with van der Waals surface area (Å²) >= 11 is 0. The second kappa shape index (κ2) is 7.40. The normalized spacial score (nSPS) is 13.2. The number of unbranched alkanes of at least 4 members (excludes halogenated alkanes) is 1. The summed E-state index contributed by atoms with van der Waals surface area (Å²) in [5, 5.41) is 25.4. The average Bonchev–Trinajstić information content (AvgIpc) is 2.89. The molecule has 0 saturated heterocycles. The van der Waals surface area contributed by atoms with Crippen molar-refractivity contribution in [3.8, 4) is 0 Å². The van der Waals surface area contributed by atoms with E-state index in [0.29, 0.717) is 5.76 Å². The van der Waals surface area contributed by atoms with Crippen molar-refractivity contribution in [2.45, 2.75) is 52.7 Å². The van der Waals surface area contributed by atoms with Crippen LogP contribution in [-0.4, -0.2) is 34.0 Å². The molecule has 1 aromatic rings. The smallest absolute Gasteiger partial charge is 0.249 e. The second-order valence-corrected chi connectivity index (χ2v) is 5.66. The lowest BCUT2D eigenvalue weighted by molar-refractivity contribution is -0.137. The number of aryl methyl sites for hydroxylation is 1. The van der Waals surface area contributed by atoms with Gasteiger partial charge in [-0.25, -0.2) is 0 Å². The van der Waals surface area contributed by atoms with Crippen LogP contribution in [0.1, 0.15) is 45.1 Å². The van der Waals surface area contributed by atoms with Crippen molar-refractivity contribution in [1.29, 1.82) is 0 Å². The van der Waals surface area contributed by atoms with Crippen molar-refractivity contribution in [3.05, 3.63) is 17.5 Å². The summed E-state index contributed by atoms with van der Waals surface area (Å²) in [7, 11) is 0. The minimum absolute atomic E-state index is 0.177. The summed E-state index contributed by atoms with van der Waals surface area (Å²) in [5.74, 6) is 0.0222. The number of nitrogens with zero attached hydrogens (tertiary/aromatic N) is 1. The standard InChI is InChI=1S/C14H24N2O4/c1-4-5-6-10-7-11(20-16-10)8-15-13(19)12(18)14(2,3)9-17/h7,12,17-18H,4-6,8-9H2,1-3H3,(H,15,19)/t12-/m0/s1. The monoisotopic (exact) mass is 284 g/mol. The molecule has 1 amide bonds. The third-order valence-electron chi connectivity index (χ3n) is 3.23. The van der Waals surface area contributed by atoms with Gasteiger partial charge >= 0.3 is 0 Å². The fourth-order valence-electron chi connectivity index (χ4n) is 1.63. The fraction of sp³-hybridized carbons (Fsp3) is 0.714. The predicted molar refractivity (Wildman–Crippen MR) is 73.8 cm³/mol. The largest absolute Gasteiger partial charge is 0.396 e. The van der Waals surface area contributed by atoms with Gasteiger partial charge in [-0.15, -0.1) is 0 Å². The summed E-state index contributed by atoms with van der Waals surface area (Å²) < 4.78 is 5.11. The lowest BCUT2D eigenvalue weighted by Crippen LogP contribution is -2.45. The van der Waals surface area contributed by atoms with Crippen molar-refractivity contribution >= 4 is 5.91 Å². The first-order chi connectivity index (χ1) is 9.40. The van der Waals surface area contributed by atoms with Crippen LogP contribution in [0.15, 0.2) is 10.6 Å². The molecule has 114 valence electrons. The van der Waals surface area contributed by atoms with E-state index < -0.39 is 17.4 Å². The van der Waals surface area contributed by atoms with Gasteiger partial charge in [0.15, 0.2) is 5.76 Å². The zero-order chi connectivity index (χ0) is 15.2. The van der Waals surface area contributed by atoms with E-state index in [9.17, 15) is 9.90 Å². The molecule has 0 spiro atoms. The molecule has 3 N–H and O–H groups in total. The van der Waals surface area contributed by atoms with Crippen molar-refractivity contribution in [2.24, 2.45) is 5.41 Å². The minimum atomic E-state index is -1.27. The van der Waals surface area contributed by atoms with Crippen LogP contribution in [0.3, 0.4) is 0 Å². The van der Waals surface area contributed by atoms with E-state index in [1.807, 2.05) is 0 Å². The number of rotatable bonds is 8. The number of amides is 1. The molecule has 6 nitrogen and oxygen atoms in total. The van der Waals surface area contributed by atoms with Crippen LogP contribution in [0.5, 0.6) is 0 Å². The number of carbonyl (C=O) groups excluding carboxylic acids is 1. The Morgan fingerprint density at radius 3 is 2.85 bits per heavy atom. The first-order valence-corrected chi connectivity index (χ1v) is 6.91. The first kappa shape index (κ1) is 16.7. The number of hydrogen-bond acceptors (Lipinski definition) is 5. The predicted octanol–water partition coefficient (Wildman–Crippen LogP) is 1.01. The third-order valence-corrected chi connectivity index (χ3v) is 3.23. The molecular weight excluding hydrogens is 260 g/mol. The maximum absolute atomic E-state index is 11.8. The molecule has 0 aliphatic carbocycles. The van der Waals surface area contributed by atoms with Gasteiger partial charge in [0.05, 0.1) is 18.8 Å². The van der Waals surface area contributed by atoms with Crippen LogP contribution in [-0.2, 0) is 17.8 Å². The van der Waals surface area contributed by atoms with Crippen LogP contribution >= 0.6 is 0 Å². The van der Waals surface area contributed by atoms with E-state index in [0.717, 1.165) is 25.0 Å². The number of nitrogens with one attached hydrogen (secondary N) is 1. The van der Waals surface area contributed by atoms with Crippen LogP contribution in [0.4, 0.5) is 0 Å². The summed E-state index contributed by atoms with van der Waals surface area (Å²) in [6.45, 7) is 5.25. The Bertz CT molecular complexity index is 429. The Kier molecular flexibility index (Phi) is 6.16. The summed E-state index contributed by atoms with van der Waals surface area (Å²) in [5.41, 5.74) is -0.00930. The highest BCUT2D eigenvalue weighted by Crippen LogP contribution is 2.19. The SMILES string of the molecule is CCCCc1cc(CNC(=O)[C@H](O)C(C)(C)CO)on1. The Morgan fingerprint density at radius 1 is 1.55 bits per heavy atom. The van der Waals surface area contributed by atoms with Crippen LogP contribution in [0.2, 0.25) is 0 Å². The van der Waals surface area contributed by atoms with Gasteiger partial charge in [-0.2, -0.15) is 0 Å². The Labute approximate surface area is 119 Å². The van der Waals surface area contributed by atoms with Crippen molar-refractivity contribution in [3.63, 3.8) is 0 Å². The average molecular weight is 284 g/mol. The first-order valence-electron chi connectivity index (χ1n) is 6.91.